The number of nitrogens with one attached hydrogen (secondary N) is 2. The molecule has 2 aliphatic rings. The van der Waals surface area contributed by atoms with Gasteiger partial charge in [-0.1, -0.05) is 43.5 Å². The zero-order valence-corrected chi connectivity index (χ0v) is 17.1. The average molecular weight is 416 g/mol. The third kappa shape index (κ3) is 4.23. The maximum Gasteiger partial charge on any atom is 0.211 e. The number of nitrogens with zero attached hydrogens (tertiary/aromatic N) is 4. The average Bonchev–Trinajstić information content (AvgIpc) is 2.78. The molecule has 0 spiro atoms. The van der Waals surface area contributed by atoms with Crippen molar-refractivity contribution in [3.8, 4) is 12.3 Å². The topological polar surface area (TPSA) is 158 Å². The van der Waals surface area contributed by atoms with Crippen molar-refractivity contribution in [3.63, 3.8) is 0 Å². The molecule has 1 aliphatic carbocycles. The van der Waals surface area contributed by atoms with E-state index in [2.05, 4.69) is 20.6 Å². The molecule has 0 saturated heterocycles. The minimum Gasteiger partial charge on any atom is -0.397 e. The first kappa shape index (κ1) is 20.5. The number of nitrogens with two attached hydrogens (primary N) is 2. The lowest BCUT2D eigenvalue weighted by atomic mass is 9.94. The number of fused-ring (bicyclic) bond motifs is 1. The van der Waals surface area contributed by atoms with Gasteiger partial charge < -0.3 is 21.5 Å². The standard InChI is InChI=1S/C22H24N8O/c23-10-16-18(25)17-19(28-22(27-12-24)30-21(17)29-20(16)26)14-6-4-5-13(9-14)11-31-15-7-2-1-3-8-15/h4-6,9,15,19H,1-3,7-8,11H2,(H6,25,26,27,28,29,30). The molecule has 9 nitrogen and oxygen atoms in total. The third-order valence-electron chi connectivity index (χ3n) is 5.66. The van der Waals surface area contributed by atoms with Gasteiger partial charge in [0.2, 0.25) is 5.96 Å². The zero-order chi connectivity index (χ0) is 21.8. The van der Waals surface area contributed by atoms with Gasteiger partial charge in [0.15, 0.2) is 6.19 Å². The number of rotatable bonds is 4. The van der Waals surface area contributed by atoms with E-state index < -0.39 is 6.04 Å². The van der Waals surface area contributed by atoms with E-state index in [1.54, 1.807) is 0 Å². The van der Waals surface area contributed by atoms with Crippen LogP contribution in [0, 0.1) is 22.8 Å². The molecule has 2 aromatic rings. The van der Waals surface area contributed by atoms with Crippen LogP contribution in [0.25, 0.3) is 0 Å². The van der Waals surface area contributed by atoms with Gasteiger partial charge in [0.05, 0.1) is 18.4 Å². The lowest BCUT2D eigenvalue weighted by Gasteiger charge is -2.26. The van der Waals surface area contributed by atoms with E-state index in [1.807, 2.05) is 36.5 Å². The molecule has 4 rings (SSSR count). The molecule has 1 fully saturated rings. The maximum absolute atomic E-state index is 9.45. The first-order valence-corrected chi connectivity index (χ1v) is 10.3. The number of guanidine groups is 1. The van der Waals surface area contributed by atoms with Gasteiger partial charge in [-0.25, -0.2) is 9.98 Å². The molecule has 6 N–H and O–H groups in total. The monoisotopic (exact) mass is 416 g/mol. The summed E-state index contributed by atoms with van der Waals surface area (Å²) in [5.41, 5.74) is 15.0. The predicted octanol–water partition coefficient (Wildman–Crippen LogP) is 2.91. The van der Waals surface area contributed by atoms with Crippen molar-refractivity contribution in [2.75, 3.05) is 16.8 Å². The minimum absolute atomic E-state index is 0.0258. The summed E-state index contributed by atoms with van der Waals surface area (Å²) in [7, 11) is 0. The normalized spacial score (nSPS) is 18.1. The van der Waals surface area contributed by atoms with Crippen molar-refractivity contribution in [2.45, 2.75) is 50.9 Å². The number of ether oxygens (including phenoxy) is 1. The number of hydrogen-bond acceptors (Lipinski definition) is 9. The Kier molecular flexibility index (Phi) is 5.87. The lowest BCUT2D eigenvalue weighted by Crippen LogP contribution is -2.32. The van der Waals surface area contributed by atoms with E-state index in [9.17, 15) is 5.26 Å². The highest BCUT2D eigenvalue weighted by Gasteiger charge is 2.29. The van der Waals surface area contributed by atoms with Crippen molar-refractivity contribution < 1.29 is 4.74 Å². The van der Waals surface area contributed by atoms with E-state index in [0.29, 0.717) is 24.1 Å². The van der Waals surface area contributed by atoms with Crippen LogP contribution < -0.4 is 22.1 Å². The Morgan fingerprint density at radius 2 is 2.00 bits per heavy atom. The molecule has 0 bridgehead atoms. The maximum atomic E-state index is 9.45. The van der Waals surface area contributed by atoms with Gasteiger partial charge in [-0.15, -0.1) is 0 Å². The van der Waals surface area contributed by atoms with Gasteiger partial charge in [0.1, 0.15) is 29.3 Å². The molecule has 1 unspecified atom stereocenters. The third-order valence-corrected chi connectivity index (χ3v) is 5.66. The Hall–Kier alpha value is -3.82. The molecule has 158 valence electrons. The molecular formula is C22H24N8O. The lowest BCUT2D eigenvalue weighted by molar-refractivity contribution is 0.0168. The SMILES string of the molecule is N#CNC1=NC(c2cccc(COC3CCCCC3)c2)c2c(nc(N)c(C#N)c2N)N1. The number of nitrogen functional groups attached to an aromatic ring is 2. The van der Waals surface area contributed by atoms with Crippen molar-refractivity contribution in [1.29, 1.82) is 10.5 Å². The van der Waals surface area contributed by atoms with Crippen LogP contribution in [0.5, 0.6) is 0 Å². The summed E-state index contributed by atoms with van der Waals surface area (Å²) in [6.45, 7) is 0.516. The fourth-order valence-corrected chi connectivity index (χ4v) is 4.12. The Morgan fingerprint density at radius 3 is 2.74 bits per heavy atom. The number of pyridine rings is 1. The van der Waals surface area contributed by atoms with Crippen molar-refractivity contribution in [1.82, 2.24) is 10.3 Å². The van der Waals surface area contributed by atoms with Gasteiger partial charge in [-0.2, -0.15) is 10.5 Å². The summed E-state index contributed by atoms with van der Waals surface area (Å²) in [6, 6.07) is 9.35. The Balaban J connectivity index is 1.68. The quantitative estimate of drug-likeness (QED) is 0.437. The van der Waals surface area contributed by atoms with E-state index in [0.717, 1.165) is 24.0 Å². The van der Waals surface area contributed by atoms with E-state index in [4.69, 9.17) is 21.5 Å². The predicted molar refractivity (Wildman–Crippen MR) is 118 cm³/mol. The van der Waals surface area contributed by atoms with Crippen LogP contribution >= 0.6 is 0 Å². The summed E-state index contributed by atoms with van der Waals surface area (Å²) in [6.07, 6.45) is 8.10. The van der Waals surface area contributed by atoms with Crippen LogP contribution in [0.2, 0.25) is 0 Å². The van der Waals surface area contributed by atoms with Gasteiger partial charge >= 0.3 is 0 Å². The summed E-state index contributed by atoms with van der Waals surface area (Å²) in [5, 5.41) is 23.9. The fraction of sp³-hybridized carbons (Fsp3) is 0.364. The second-order valence-corrected chi connectivity index (χ2v) is 7.72. The van der Waals surface area contributed by atoms with Gasteiger partial charge in [-0.3, -0.25) is 5.32 Å². The van der Waals surface area contributed by atoms with Crippen LogP contribution in [0.3, 0.4) is 0 Å². The fourth-order valence-electron chi connectivity index (χ4n) is 4.12. The Bertz CT molecular complexity index is 1090. The van der Waals surface area contributed by atoms with Crippen LogP contribution in [0.4, 0.5) is 17.3 Å². The molecule has 0 radical (unpaired) electrons. The highest BCUT2D eigenvalue weighted by atomic mass is 16.5. The molecule has 0 amide bonds. The molecule has 1 aliphatic heterocycles. The van der Waals surface area contributed by atoms with Crippen LogP contribution in [0.15, 0.2) is 29.3 Å². The number of hydrogen-bond donors (Lipinski definition) is 4. The molecule has 2 heterocycles. The summed E-state index contributed by atoms with van der Waals surface area (Å²) >= 11 is 0. The number of aromatic nitrogens is 1. The number of anilines is 3. The summed E-state index contributed by atoms with van der Waals surface area (Å²) < 4.78 is 6.12. The van der Waals surface area contributed by atoms with Gasteiger partial charge in [0.25, 0.3) is 0 Å². The van der Waals surface area contributed by atoms with Crippen molar-refractivity contribution in [3.05, 3.63) is 46.5 Å². The first-order valence-electron chi connectivity index (χ1n) is 10.3. The molecule has 1 saturated carbocycles. The van der Waals surface area contributed by atoms with Crippen LogP contribution in [-0.4, -0.2) is 17.0 Å². The molecule has 1 aromatic carbocycles. The largest absolute Gasteiger partial charge is 0.397 e. The summed E-state index contributed by atoms with van der Waals surface area (Å²) in [4.78, 5) is 8.88. The second kappa shape index (κ2) is 8.90. The zero-order valence-electron chi connectivity index (χ0n) is 17.1. The van der Waals surface area contributed by atoms with Crippen molar-refractivity contribution >= 4 is 23.3 Å². The smallest absolute Gasteiger partial charge is 0.211 e. The van der Waals surface area contributed by atoms with Crippen LogP contribution in [-0.2, 0) is 11.3 Å². The number of aliphatic imine (C=N–C) groups is 1. The molecule has 1 aromatic heterocycles. The van der Waals surface area contributed by atoms with Crippen LogP contribution in [0.1, 0.15) is 60.4 Å². The second-order valence-electron chi connectivity index (χ2n) is 7.72. The number of benzene rings is 1. The Labute approximate surface area is 180 Å². The van der Waals surface area contributed by atoms with E-state index >= 15 is 0 Å². The number of nitriles is 2. The van der Waals surface area contributed by atoms with Crippen molar-refractivity contribution in [2.24, 2.45) is 4.99 Å². The molecule has 9 heteroatoms. The first-order chi connectivity index (χ1) is 15.1. The van der Waals surface area contributed by atoms with E-state index in [1.165, 1.54) is 19.3 Å². The van der Waals surface area contributed by atoms with Gasteiger partial charge in [-0.05, 0) is 24.0 Å². The molecule has 31 heavy (non-hydrogen) atoms. The molecule has 1 atom stereocenters. The minimum atomic E-state index is -0.554. The highest BCUT2D eigenvalue weighted by molar-refractivity contribution is 5.98. The molecular weight excluding hydrogens is 392 g/mol. The summed E-state index contributed by atoms with van der Waals surface area (Å²) in [5.74, 6) is 0.633. The van der Waals surface area contributed by atoms with Gasteiger partial charge in [0, 0.05) is 5.56 Å². The van der Waals surface area contributed by atoms with E-state index in [-0.39, 0.29) is 23.0 Å². The Morgan fingerprint density at radius 1 is 1.19 bits per heavy atom. The highest BCUT2D eigenvalue weighted by Crippen LogP contribution is 2.40.